The van der Waals surface area contributed by atoms with Gasteiger partial charge in [0.05, 0.1) is 26.3 Å². The average Bonchev–Trinajstić information content (AvgIpc) is 2.88. The molecular formula is C25H21F5N2O6. The van der Waals surface area contributed by atoms with Crippen LogP contribution in [0.4, 0.5) is 22.0 Å². The van der Waals surface area contributed by atoms with Crippen LogP contribution in [-0.4, -0.2) is 67.3 Å². The first-order chi connectivity index (χ1) is 17.9. The number of amides is 1. The van der Waals surface area contributed by atoms with Crippen molar-refractivity contribution < 1.29 is 50.5 Å². The first-order valence-electron chi connectivity index (χ1n) is 11.2. The summed E-state index contributed by atoms with van der Waals surface area (Å²) in [4.78, 5) is 29.9. The van der Waals surface area contributed by atoms with Gasteiger partial charge in [-0.2, -0.15) is 13.2 Å². The Morgan fingerprint density at radius 3 is 2.29 bits per heavy atom. The predicted octanol–water partition coefficient (Wildman–Crippen LogP) is 4.65. The van der Waals surface area contributed by atoms with E-state index in [0.717, 1.165) is 11.0 Å². The SMILES string of the molecule is COc1cccc(OC)c1C(=O)N1CCC(F)(F)C(Oc2nc3ccccc3cc2OC(=O)C(F)(F)F)C1. The summed E-state index contributed by atoms with van der Waals surface area (Å²) in [5.74, 6) is -8.00. The lowest BCUT2D eigenvalue weighted by molar-refractivity contribution is -0.190. The highest BCUT2D eigenvalue weighted by Gasteiger charge is 2.48. The van der Waals surface area contributed by atoms with Crippen molar-refractivity contribution in [2.45, 2.75) is 24.6 Å². The topological polar surface area (TPSA) is 87.2 Å². The number of piperidine rings is 1. The number of hydrogen-bond acceptors (Lipinski definition) is 7. The van der Waals surface area contributed by atoms with E-state index >= 15 is 0 Å². The molecule has 1 fully saturated rings. The molecule has 3 aromatic rings. The molecule has 0 aliphatic carbocycles. The summed E-state index contributed by atoms with van der Waals surface area (Å²) in [5, 5.41) is 0.278. The molecule has 0 saturated carbocycles. The Hall–Kier alpha value is -4.16. The molecule has 1 unspecified atom stereocenters. The molecule has 1 aromatic heterocycles. The van der Waals surface area contributed by atoms with Gasteiger partial charge in [0.25, 0.3) is 17.7 Å². The zero-order valence-electron chi connectivity index (χ0n) is 20.1. The number of para-hydroxylation sites is 1. The van der Waals surface area contributed by atoms with Crippen LogP contribution in [0.15, 0.2) is 48.5 Å². The summed E-state index contributed by atoms with van der Waals surface area (Å²) >= 11 is 0. The number of aromatic nitrogens is 1. The van der Waals surface area contributed by atoms with E-state index < -0.39 is 54.7 Å². The quantitative estimate of drug-likeness (QED) is 0.332. The minimum Gasteiger partial charge on any atom is -0.496 e. The lowest BCUT2D eigenvalue weighted by atomic mass is 10.0. The lowest BCUT2D eigenvalue weighted by Gasteiger charge is -2.38. The van der Waals surface area contributed by atoms with E-state index in [1.165, 1.54) is 38.5 Å². The minimum atomic E-state index is -5.35. The maximum absolute atomic E-state index is 15.0. The van der Waals surface area contributed by atoms with E-state index in [2.05, 4.69) is 9.72 Å². The summed E-state index contributed by atoms with van der Waals surface area (Å²) in [5.41, 5.74) is 0.199. The summed E-state index contributed by atoms with van der Waals surface area (Å²) in [6.07, 6.45) is -8.20. The Bertz CT molecular complexity index is 1340. The molecule has 4 rings (SSSR count). The molecule has 1 saturated heterocycles. The molecule has 1 atom stereocenters. The van der Waals surface area contributed by atoms with Gasteiger partial charge in [-0.05, 0) is 24.3 Å². The maximum Gasteiger partial charge on any atom is 0.491 e. The minimum absolute atomic E-state index is 0.00472. The number of benzene rings is 2. The Labute approximate surface area is 212 Å². The Morgan fingerprint density at radius 1 is 1.00 bits per heavy atom. The number of carbonyl (C=O) groups excluding carboxylic acids is 2. The third kappa shape index (κ3) is 5.41. The van der Waals surface area contributed by atoms with Crippen LogP contribution in [0.3, 0.4) is 0 Å². The third-order valence-electron chi connectivity index (χ3n) is 5.85. The first kappa shape index (κ1) is 26.9. The van der Waals surface area contributed by atoms with Crippen molar-refractivity contribution in [3.05, 3.63) is 54.1 Å². The van der Waals surface area contributed by atoms with Crippen molar-refractivity contribution in [2.24, 2.45) is 0 Å². The number of methoxy groups -OCH3 is 2. The number of carbonyl (C=O) groups is 2. The number of pyridine rings is 1. The lowest BCUT2D eigenvalue weighted by Crippen LogP contribution is -2.55. The molecule has 0 spiro atoms. The zero-order chi connectivity index (χ0) is 27.7. The van der Waals surface area contributed by atoms with Gasteiger partial charge in [0.2, 0.25) is 0 Å². The van der Waals surface area contributed by atoms with Crippen molar-refractivity contribution >= 4 is 22.8 Å². The second kappa shape index (κ2) is 10.3. The second-order valence-corrected chi connectivity index (χ2v) is 8.28. The third-order valence-corrected chi connectivity index (χ3v) is 5.85. The van der Waals surface area contributed by atoms with E-state index in [-0.39, 0.29) is 34.5 Å². The highest BCUT2D eigenvalue weighted by molar-refractivity contribution is 5.99. The number of hydrogen-bond donors (Lipinski definition) is 0. The molecule has 1 aliphatic rings. The van der Waals surface area contributed by atoms with Gasteiger partial charge in [-0.1, -0.05) is 24.3 Å². The van der Waals surface area contributed by atoms with E-state index in [1.54, 1.807) is 18.2 Å². The largest absolute Gasteiger partial charge is 0.496 e. The smallest absolute Gasteiger partial charge is 0.491 e. The first-order valence-corrected chi connectivity index (χ1v) is 11.2. The highest BCUT2D eigenvalue weighted by Crippen LogP contribution is 2.38. The Balaban J connectivity index is 1.68. The van der Waals surface area contributed by atoms with E-state index in [4.69, 9.17) is 14.2 Å². The number of alkyl halides is 5. The number of likely N-dealkylation sites (tertiary alicyclic amines) is 1. The molecule has 202 valence electrons. The molecule has 1 aliphatic heterocycles. The standard InChI is InChI=1S/C25H21F5N2O6/c1-35-16-8-5-9-17(36-2)20(16)22(33)32-11-10-24(26,27)19(13-32)38-21-18(37-23(34)25(28,29)30)12-14-6-3-4-7-15(14)31-21/h3-9,12,19H,10-11,13H2,1-2H3. The summed E-state index contributed by atoms with van der Waals surface area (Å²) in [7, 11) is 2.66. The predicted molar refractivity (Wildman–Crippen MR) is 123 cm³/mol. The fourth-order valence-electron chi connectivity index (χ4n) is 3.93. The number of ether oxygens (including phenoxy) is 4. The van der Waals surface area contributed by atoms with Crippen LogP contribution in [-0.2, 0) is 4.79 Å². The normalized spacial score (nSPS) is 17.1. The molecule has 8 nitrogen and oxygen atoms in total. The number of halogens is 5. The number of fused-ring (bicyclic) bond motifs is 1. The molecule has 0 radical (unpaired) electrons. The van der Waals surface area contributed by atoms with Crippen molar-refractivity contribution in [1.82, 2.24) is 9.88 Å². The van der Waals surface area contributed by atoms with Gasteiger partial charge in [0.15, 0.2) is 11.9 Å². The van der Waals surface area contributed by atoms with E-state index in [0.29, 0.717) is 0 Å². The summed E-state index contributed by atoms with van der Waals surface area (Å²) in [6.45, 7) is -1.01. The fourth-order valence-corrected chi connectivity index (χ4v) is 3.93. The van der Waals surface area contributed by atoms with Crippen molar-refractivity contribution in [3.8, 4) is 23.1 Å². The Morgan fingerprint density at radius 2 is 1.66 bits per heavy atom. The molecule has 38 heavy (non-hydrogen) atoms. The van der Waals surface area contributed by atoms with Gasteiger partial charge in [0.1, 0.15) is 17.1 Å². The van der Waals surface area contributed by atoms with Crippen molar-refractivity contribution in [3.63, 3.8) is 0 Å². The van der Waals surface area contributed by atoms with Gasteiger partial charge in [-0.3, -0.25) is 4.79 Å². The van der Waals surface area contributed by atoms with Crippen LogP contribution in [0.5, 0.6) is 23.1 Å². The van der Waals surface area contributed by atoms with Crippen LogP contribution in [0.2, 0.25) is 0 Å². The molecule has 2 aromatic carbocycles. The average molecular weight is 540 g/mol. The monoisotopic (exact) mass is 540 g/mol. The van der Waals surface area contributed by atoms with Gasteiger partial charge >= 0.3 is 12.1 Å². The summed E-state index contributed by atoms with van der Waals surface area (Å²) in [6, 6.07) is 11.7. The van der Waals surface area contributed by atoms with Gasteiger partial charge < -0.3 is 23.8 Å². The van der Waals surface area contributed by atoms with Crippen LogP contribution in [0.1, 0.15) is 16.8 Å². The number of rotatable bonds is 6. The molecule has 13 heteroatoms. The van der Waals surface area contributed by atoms with Crippen LogP contribution < -0.4 is 18.9 Å². The highest BCUT2D eigenvalue weighted by atomic mass is 19.4. The molecule has 0 bridgehead atoms. The van der Waals surface area contributed by atoms with E-state index in [9.17, 15) is 31.5 Å². The van der Waals surface area contributed by atoms with Crippen LogP contribution in [0, 0.1) is 0 Å². The Kier molecular flexibility index (Phi) is 7.29. The molecule has 0 N–H and O–H groups in total. The van der Waals surface area contributed by atoms with Crippen molar-refractivity contribution in [2.75, 3.05) is 27.3 Å². The second-order valence-electron chi connectivity index (χ2n) is 8.28. The van der Waals surface area contributed by atoms with Crippen LogP contribution in [0.25, 0.3) is 10.9 Å². The molecular weight excluding hydrogens is 519 g/mol. The van der Waals surface area contributed by atoms with Crippen molar-refractivity contribution in [1.29, 1.82) is 0 Å². The maximum atomic E-state index is 15.0. The number of esters is 1. The van der Waals surface area contributed by atoms with Crippen LogP contribution >= 0.6 is 0 Å². The molecule has 1 amide bonds. The van der Waals surface area contributed by atoms with Gasteiger partial charge in [0, 0.05) is 18.4 Å². The van der Waals surface area contributed by atoms with E-state index in [1.807, 2.05) is 0 Å². The van der Waals surface area contributed by atoms with Gasteiger partial charge in [-0.15, -0.1) is 0 Å². The summed E-state index contributed by atoms with van der Waals surface area (Å²) < 4.78 is 88.8. The fraction of sp³-hybridized carbons (Fsp3) is 0.320. The molecule has 2 heterocycles. The van der Waals surface area contributed by atoms with Gasteiger partial charge in [-0.25, -0.2) is 18.6 Å². The number of nitrogens with zero attached hydrogens (tertiary/aromatic N) is 2. The zero-order valence-corrected chi connectivity index (χ0v) is 20.1.